The summed E-state index contributed by atoms with van der Waals surface area (Å²) in [6.45, 7) is 4.70. The van der Waals surface area contributed by atoms with E-state index in [0.29, 0.717) is 6.61 Å². The fourth-order valence-corrected chi connectivity index (χ4v) is 1.23. The van der Waals surface area contributed by atoms with Gasteiger partial charge < -0.3 is 9.94 Å². The van der Waals surface area contributed by atoms with Crippen LogP contribution in [0.2, 0.25) is 0 Å². The van der Waals surface area contributed by atoms with Gasteiger partial charge in [0.2, 0.25) is 0 Å². The van der Waals surface area contributed by atoms with Crippen molar-refractivity contribution in [1.29, 1.82) is 0 Å². The Bertz CT molecular complexity index is 298. The highest BCUT2D eigenvalue weighted by Gasteiger charge is 1.95. The standard InChI is InChI=1S/C8H9NO2.C5H12O/c1-7-4-2-3-5-8(7)6-11-9-10;1-2-3-4-5-6/h2-5H,6H2,1H3;6H,2-5H2,1H3. The van der Waals surface area contributed by atoms with Crippen LogP contribution in [0.3, 0.4) is 0 Å². The maximum atomic E-state index is 9.62. The van der Waals surface area contributed by atoms with Crippen molar-refractivity contribution in [2.24, 2.45) is 5.34 Å². The van der Waals surface area contributed by atoms with Crippen LogP contribution in [-0.2, 0) is 11.4 Å². The van der Waals surface area contributed by atoms with E-state index in [1.165, 1.54) is 6.42 Å². The van der Waals surface area contributed by atoms with Crippen molar-refractivity contribution in [3.63, 3.8) is 0 Å². The lowest BCUT2D eigenvalue weighted by Crippen LogP contribution is -1.89. The molecule has 0 heterocycles. The largest absolute Gasteiger partial charge is 0.396 e. The summed E-state index contributed by atoms with van der Waals surface area (Å²) in [7, 11) is 0. The minimum atomic E-state index is 0.260. The molecule has 0 bridgehead atoms. The average Bonchev–Trinajstić information content (AvgIpc) is 2.36. The van der Waals surface area contributed by atoms with Crippen LogP contribution >= 0.6 is 0 Å². The third-order valence-corrected chi connectivity index (χ3v) is 2.30. The monoisotopic (exact) mass is 239 g/mol. The zero-order valence-corrected chi connectivity index (χ0v) is 10.6. The molecule has 0 radical (unpaired) electrons. The molecule has 96 valence electrons. The van der Waals surface area contributed by atoms with Gasteiger partial charge in [-0.1, -0.05) is 44.0 Å². The molecule has 0 aliphatic rings. The molecule has 0 fully saturated rings. The van der Waals surface area contributed by atoms with Crippen molar-refractivity contribution in [2.75, 3.05) is 6.61 Å². The third kappa shape index (κ3) is 8.39. The number of unbranched alkanes of at least 4 members (excludes halogenated alkanes) is 2. The first-order chi connectivity index (χ1) is 8.26. The van der Waals surface area contributed by atoms with E-state index in [1.807, 2.05) is 31.2 Å². The molecular weight excluding hydrogens is 218 g/mol. The molecule has 1 aromatic rings. The van der Waals surface area contributed by atoms with Crippen LogP contribution in [0.15, 0.2) is 29.6 Å². The second kappa shape index (κ2) is 11.1. The van der Waals surface area contributed by atoms with E-state index < -0.39 is 0 Å². The second-order valence-corrected chi connectivity index (χ2v) is 3.71. The van der Waals surface area contributed by atoms with Gasteiger partial charge in [-0.2, -0.15) is 0 Å². The number of hydrogen-bond donors (Lipinski definition) is 1. The predicted octanol–water partition coefficient (Wildman–Crippen LogP) is 3.36. The Morgan fingerprint density at radius 2 is 2.00 bits per heavy atom. The Kier molecular flexibility index (Phi) is 10.2. The quantitative estimate of drug-likeness (QED) is 0.470. The molecule has 0 aliphatic heterocycles. The molecule has 0 saturated carbocycles. The van der Waals surface area contributed by atoms with Crippen molar-refractivity contribution in [2.45, 2.75) is 39.7 Å². The number of aliphatic hydroxyl groups excluding tert-OH is 1. The number of rotatable bonds is 6. The van der Waals surface area contributed by atoms with Crippen LogP contribution in [-0.4, -0.2) is 11.7 Å². The molecule has 17 heavy (non-hydrogen) atoms. The van der Waals surface area contributed by atoms with Gasteiger partial charge in [-0.25, -0.2) is 0 Å². The lowest BCUT2D eigenvalue weighted by Gasteiger charge is -2.00. The van der Waals surface area contributed by atoms with Gasteiger partial charge in [0.25, 0.3) is 0 Å². The Hall–Kier alpha value is -1.42. The average molecular weight is 239 g/mol. The molecule has 1 aromatic carbocycles. The van der Waals surface area contributed by atoms with Crippen LogP contribution in [0.5, 0.6) is 0 Å². The van der Waals surface area contributed by atoms with Gasteiger partial charge in [-0.15, -0.1) is 4.91 Å². The fourth-order valence-electron chi connectivity index (χ4n) is 1.23. The first kappa shape index (κ1) is 15.6. The van der Waals surface area contributed by atoms with E-state index in [1.54, 1.807) is 0 Å². The molecule has 0 amide bonds. The van der Waals surface area contributed by atoms with E-state index in [0.717, 1.165) is 24.0 Å². The number of aliphatic hydroxyl groups is 1. The minimum Gasteiger partial charge on any atom is -0.396 e. The summed E-state index contributed by atoms with van der Waals surface area (Å²) in [4.78, 5) is 14.0. The topological polar surface area (TPSA) is 58.9 Å². The van der Waals surface area contributed by atoms with Gasteiger partial charge in [0.15, 0.2) is 5.34 Å². The highest BCUT2D eigenvalue weighted by Crippen LogP contribution is 2.07. The van der Waals surface area contributed by atoms with Crippen molar-refractivity contribution in [3.8, 4) is 0 Å². The van der Waals surface area contributed by atoms with Crippen LogP contribution in [0.1, 0.15) is 37.3 Å². The maximum Gasteiger partial charge on any atom is 0.155 e. The zero-order valence-electron chi connectivity index (χ0n) is 10.6. The lowest BCUT2D eigenvalue weighted by molar-refractivity contribution is 0.125. The molecule has 1 N–H and O–H groups in total. The van der Waals surface area contributed by atoms with Crippen LogP contribution in [0, 0.1) is 11.8 Å². The normalized spacial score (nSPS) is 9.12. The summed E-state index contributed by atoms with van der Waals surface area (Å²) in [5, 5.41) is 10.5. The number of aryl methyl sites for hydroxylation is 1. The highest BCUT2D eigenvalue weighted by atomic mass is 16.7. The summed E-state index contributed by atoms with van der Waals surface area (Å²) >= 11 is 0. The Morgan fingerprint density at radius 1 is 1.29 bits per heavy atom. The number of hydrogen-bond acceptors (Lipinski definition) is 4. The summed E-state index contributed by atoms with van der Waals surface area (Å²) < 4.78 is 0. The van der Waals surface area contributed by atoms with Crippen LogP contribution in [0.25, 0.3) is 0 Å². The molecule has 0 saturated heterocycles. The SMILES string of the molecule is CCCCCO.Cc1ccccc1CON=O. The Balaban J connectivity index is 0.000000366. The van der Waals surface area contributed by atoms with Gasteiger partial charge in [-0.3, -0.25) is 0 Å². The van der Waals surface area contributed by atoms with Gasteiger partial charge >= 0.3 is 0 Å². The Morgan fingerprint density at radius 3 is 2.47 bits per heavy atom. The van der Waals surface area contributed by atoms with Gasteiger partial charge in [0.05, 0.1) is 0 Å². The highest BCUT2D eigenvalue weighted by molar-refractivity contribution is 5.24. The second-order valence-electron chi connectivity index (χ2n) is 3.71. The number of nitrogens with zero attached hydrogens (tertiary/aromatic N) is 1. The molecule has 0 aromatic heterocycles. The summed E-state index contributed by atoms with van der Waals surface area (Å²) in [6.07, 6.45) is 3.33. The molecular formula is C13H21NO3. The predicted molar refractivity (Wildman–Crippen MR) is 68.4 cm³/mol. The van der Waals surface area contributed by atoms with E-state index in [4.69, 9.17) is 5.11 Å². The van der Waals surface area contributed by atoms with E-state index in [9.17, 15) is 4.91 Å². The van der Waals surface area contributed by atoms with Gasteiger partial charge in [0.1, 0.15) is 6.61 Å². The van der Waals surface area contributed by atoms with Crippen molar-refractivity contribution >= 4 is 0 Å². The summed E-state index contributed by atoms with van der Waals surface area (Å²) in [6, 6.07) is 7.70. The molecule has 0 aliphatic carbocycles. The first-order valence-electron chi connectivity index (χ1n) is 5.86. The van der Waals surface area contributed by atoms with Crippen molar-refractivity contribution < 1.29 is 9.94 Å². The summed E-state index contributed by atoms with van der Waals surface area (Å²) in [5.74, 6) is 0. The Labute approximate surface area is 103 Å². The van der Waals surface area contributed by atoms with Crippen LogP contribution in [0.4, 0.5) is 0 Å². The van der Waals surface area contributed by atoms with Gasteiger partial charge in [-0.05, 0) is 24.5 Å². The molecule has 0 spiro atoms. The molecule has 4 nitrogen and oxygen atoms in total. The minimum absolute atomic E-state index is 0.260. The molecule has 0 atom stereocenters. The zero-order chi connectivity index (χ0) is 12.9. The molecule has 1 rings (SSSR count). The maximum absolute atomic E-state index is 9.62. The fraction of sp³-hybridized carbons (Fsp3) is 0.538. The van der Waals surface area contributed by atoms with E-state index in [-0.39, 0.29) is 6.61 Å². The van der Waals surface area contributed by atoms with Crippen molar-refractivity contribution in [1.82, 2.24) is 0 Å². The van der Waals surface area contributed by atoms with Gasteiger partial charge in [0, 0.05) is 6.61 Å². The molecule has 4 heteroatoms. The smallest absolute Gasteiger partial charge is 0.155 e. The summed E-state index contributed by atoms with van der Waals surface area (Å²) in [5.41, 5.74) is 2.10. The first-order valence-corrected chi connectivity index (χ1v) is 5.86. The third-order valence-electron chi connectivity index (χ3n) is 2.30. The van der Waals surface area contributed by atoms with E-state index in [2.05, 4.69) is 17.1 Å². The molecule has 0 unspecified atom stereocenters. The van der Waals surface area contributed by atoms with E-state index >= 15 is 0 Å². The lowest BCUT2D eigenvalue weighted by atomic mass is 10.1. The number of benzene rings is 1. The van der Waals surface area contributed by atoms with Crippen LogP contribution < -0.4 is 0 Å². The van der Waals surface area contributed by atoms with Crippen molar-refractivity contribution in [3.05, 3.63) is 40.3 Å².